The fourth-order valence-electron chi connectivity index (χ4n) is 4.71. The summed E-state index contributed by atoms with van der Waals surface area (Å²) < 4.78 is 0. The van der Waals surface area contributed by atoms with Crippen LogP contribution in [0.15, 0.2) is 54.6 Å². The van der Waals surface area contributed by atoms with Crippen LogP contribution in [0.1, 0.15) is 30.5 Å². The number of hydrogen-bond donors (Lipinski definition) is 0. The van der Waals surface area contributed by atoms with Crippen molar-refractivity contribution in [2.24, 2.45) is 0 Å². The van der Waals surface area contributed by atoms with Gasteiger partial charge in [0.2, 0.25) is 0 Å². The molecule has 1 aliphatic heterocycles. The van der Waals surface area contributed by atoms with Crippen molar-refractivity contribution in [1.29, 1.82) is 0 Å². The lowest BCUT2D eigenvalue weighted by atomic mass is 10.00. The van der Waals surface area contributed by atoms with Crippen LogP contribution in [0.4, 0.5) is 11.4 Å². The number of rotatable bonds is 2. The summed E-state index contributed by atoms with van der Waals surface area (Å²) >= 11 is 0. The summed E-state index contributed by atoms with van der Waals surface area (Å²) in [4.78, 5) is 10.2. The van der Waals surface area contributed by atoms with Gasteiger partial charge in [0.05, 0.1) is 11.2 Å². The zero-order valence-corrected chi connectivity index (χ0v) is 15.9. The lowest BCUT2D eigenvalue weighted by Gasteiger charge is -2.39. The van der Waals surface area contributed by atoms with Crippen LogP contribution in [-0.2, 0) is 12.8 Å². The summed E-state index contributed by atoms with van der Waals surface area (Å²) in [7, 11) is 0. The maximum absolute atomic E-state index is 5.06. The van der Waals surface area contributed by atoms with Gasteiger partial charge in [-0.25, -0.2) is 0 Å². The summed E-state index contributed by atoms with van der Waals surface area (Å²) in [6.45, 7) is 4.32. The molecular weight excluding hydrogens is 330 g/mol. The molecule has 27 heavy (non-hydrogen) atoms. The van der Waals surface area contributed by atoms with Crippen LogP contribution in [0.2, 0.25) is 0 Å². The monoisotopic (exact) mass is 357 g/mol. The molecule has 3 nitrogen and oxygen atoms in total. The van der Waals surface area contributed by atoms with Gasteiger partial charge < -0.3 is 9.80 Å². The Kier molecular flexibility index (Phi) is 4.44. The second kappa shape index (κ2) is 7.22. The molecule has 0 saturated carbocycles. The Bertz CT molecular complexity index is 927. The van der Waals surface area contributed by atoms with E-state index in [1.807, 2.05) is 0 Å². The molecule has 0 bridgehead atoms. The van der Waals surface area contributed by atoms with Gasteiger partial charge in [-0.1, -0.05) is 42.8 Å². The molecule has 0 unspecified atom stereocenters. The molecule has 0 amide bonds. The van der Waals surface area contributed by atoms with Crippen molar-refractivity contribution in [2.75, 3.05) is 36.0 Å². The van der Waals surface area contributed by atoms with Crippen LogP contribution in [0.25, 0.3) is 10.9 Å². The molecular formula is C24H27N3. The Labute approximate surface area is 161 Å². The fraction of sp³-hybridized carbons (Fsp3) is 0.375. The number of hydrogen-bond acceptors (Lipinski definition) is 3. The number of benzene rings is 2. The zero-order chi connectivity index (χ0) is 18.1. The molecule has 2 aliphatic rings. The van der Waals surface area contributed by atoms with Crippen LogP contribution in [-0.4, -0.2) is 31.2 Å². The molecule has 0 spiro atoms. The highest BCUT2D eigenvalue weighted by atomic mass is 15.3. The van der Waals surface area contributed by atoms with Crippen LogP contribution >= 0.6 is 0 Å². The van der Waals surface area contributed by atoms with Crippen LogP contribution in [0, 0.1) is 0 Å². The summed E-state index contributed by atoms with van der Waals surface area (Å²) in [5.74, 6) is 0. The van der Waals surface area contributed by atoms with E-state index in [9.17, 15) is 0 Å². The molecule has 1 aromatic heterocycles. The van der Waals surface area contributed by atoms with Crippen molar-refractivity contribution in [3.63, 3.8) is 0 Å². The normalized spacial score (nSPS) is 17.6. The Morgan fingerprint density at radius 2 is 1.37 bits per heavy atom. The van der Waals surface area contributed by atoms with Gasteiger partial charge in [-0.2, -0.15) is 0 Å². The summed E-state index contributed by atoms with van der Waals surface area (Å²) in [5.41, 5.74) is 6.87. The number of anilines is 2. The number of piperazine rings is 1. The highest BCUT2D eigenvalue weighted by Crippen LogP contribution is 2.36. The van der Waals surface area contributed by atoms with E-state index in [1.54, 1.807) is 0 Å². The van der Waals surface area contributed by atoms with Crippen molar-refractivity contribution in [2.45, 2.75) is 32.1 Å². The van der Waals surface area contributed by atoms with E-state index in [0.717, 1.165) is 32.6 Å². The molecule has 3 aromatic rings. The minimum atomic E-state index is 1.08. The molecule has 0 N–H and O–H groups in total. The first-order valence-corrected chi connectivity index (χ1v) is 10.4. The first kappa shape index (κ1) is 16.6. The molecule has 0 radical (unpaired) electrons. The zero-order valence-electron chi connectivity index (χ0n) is 15.9. The molecule has 1 fully saturated rings. The number of aromatic nitrogens is 1. The number of para-hydroxylation sites is 2. The van der Waals surface area contributed by atoms with Crippen LogP contribution < -0.4 is 9.80 Å². The number of pyridine rings is 1. The maximum Gasteiger partial charge on any atom is 0.0726 e. The van der Waals surface area contributed by atoms with Gasteiger partial charge in [0.25, 0.3) is 0 Å². The van der Waals surface area contributed by atoms with E-state index < -0.39 is 0 Å². The third kappa shape index (κ3) is 3.16. The molecule has 0 atom stereocenters. The van der Waals surface area contributed by atoms with Gasteiger partial charge in [0.15, 0.2) is 0 Å². The molecule has 138 valence electrons. The molecule has 1 saturated heterocycles. The quantitative estimate of drug-likeness (QED) is 0.612. The topological polar surface area (TPSA) is 19.4 Å². The first-order valence-electron chi connectivity index (χ1n) is 10.4. The predicted molar refractivity (Wildman–Crippen MR) is 114 cm³/mol. The van der Waals surface area contributed by atoms with Crippen molar-refractivity contribution in [1.82, 2.24) is 4.98 Å². The molecule has 1 aliphatic carbocycles. The van der Waals surface area contributed by atoms with Crippen molar-refractivity contribution < 1.29 is 0 Å². The minimum absolute atomic E-state index is 1.08. The molecule has 5 rings (SSSR count). The number of aryl methyl sites for hydroxylation is 1. The lowest BCUT2D eigenvalue weighted by Crippen LogP contribution is -2.47. The smallest absolute Gasteiger partial charge is 0.0726 e. The average molecular weight is 358 g/mol. The van der Waals surface area contributed by atoms with Gasteiger partial charge in [0.1, 0.15) is 0 Å². The minimum Gasteiger partial charge on any atom is -0.368 e. The van der Waals surface area contributed by atoms with Crippen molar-refractivity contribution >= 4 is 22.3 Å². The molecule has 2 aromatic carbocycles. The largest absolute Gasteiger partial charge is 0.368 e. The number of fused-ring (bicyclic) bond motifs is 2. The first-order chi connectivity index (χ1) is 13.4. The highest BCUT2D eigenvalue weighted by Gasteiger charge is 2.24. The van der Waals surface area contributed by atoms with E-state index in [-0.39, 0.29) is 0 Å². The number of nitrogens with zero attached hydrogens (tertiary/aromatic N) is 3. The average Bonchev–Trinajstić information content (AvgIpc) is 2.98. The van der Waals surface area contributed by atoms with E-state index in [1.165, 1.54) is 59.2 Å². The summed E-state index contributed by atoms with van der Waals surface area (Å²) in [6.07, 6.45) is 6.22. The van der Waals surface area contributed by atoms with Gasteiger partial charge in [-0.15, -0.1) is 0 Å². The van der Waals surface area contributed by atoms with Gasteiger partial charge in [-0.05, 0) is 49.4 Å². The van der Waals surface area contributed by atoms with Crippen LogP contribution in [0.3, 0.4) is 0 Å². The summed E-state index contributed by atoms with van der Waals surface area (Å²) in [5, 5.41) is 1.34. The van der Waals surface area contributed by atoms with Crippen molar-refractivity contribution in [3.05, 3.63) is 65.9 Å². The standard InChI is InChI=1S/C24H27N3/c1-3-9-19(10-4-1)26-15-17-27(18-16-26)24-20-11-5-2-6-13-22(20)25-23-14-8-7-12-21(23)24/h1,3-4,7-10,12,14H,2,5-6,11,13,15-18H2. The Morgan fingerprint density at radius 3 is 2.22 bits per heavy atom. The molecule has 3 heteroatoms. The van der Waals surface area contributed by atoms with Gasteiger partial charge >= 0.3 is 0 Å². The SMILES string of the molecule is c1ccc(N2CCN(c3c4c(nc5ccccc35)CCCCC4)CC2)cc1. The second-order valence-electron chi connectivity index (χ2n) is 7.77. The van der Waals surface area contributed by atoms with E-state index in [2.05, 4.69) is 64.4 Å². The predicted octanol–water partition coefficient (Wildman–Crippen LogP) is 4.83. The van der Waals surface area contributed by atoms with E-state index in [4.69, 9.17) is 4.98 Å². The fourth-order valence-corrected chi connectivity index (χ4v) is 4.71. The molecule has 2 heterocycles. The Morgan fingerprint density at radius 1 is 0.667 bits per heavy atom. The third-order valence-corrected chi connectivity index (χ3v) is 6.11. The Balaban J connectivity index is 1.50. The van der Waals surface area contributed by atoms with E-state index in [0.29, 0.717) is 0 Å². The lowest BCUT2D eigenvalue weighted by molar-refractivity contribution is 0.651. The Hall–Kier alpha value is -2.55. The van der Waals surface area contributed by atoms with Crippen molar-refractivity contribution in [3.8, 4) is 0 Å². The second-order valence-corrected chi connectivity index (χ2v) is 7.77. The van der Waals surface area contributed by atoms with Gasteiger partial charge in [0, 0.05) is 42.9 Å². The maximum atomic E-state index is 5.06. The van der Waals surface area contributed by atoms with Gasteiger partial charge in [-0.3, -0.25) is 4.98 Å². The third-order valence-electron chi connectivity index (χ3n) is 6.11. The van der Waals surface area contributed by atoms with Crippen LogP contribution in [0.5, 0.6) is 0 Å². The summed E-state index contributed by atoms with van der Waals surface area (Å²) in [6, 6.07) is 19.6. The highest BCUT2D eigenvalue weighted by molar-refractivity contribution is 5.94. The van der Waals surface area contributed by atoms with E-state index >= 15 is 0 Å².